The van der Waals surface area contributed by atoms with Gasteiger partial charge in [-0.15, -0.1) is 0 Å². The SMILES string of the molecule is N=C1Sc2cc(-c3ccc4c(c3)C(C(=O)C(F)(F)F)C=N4)ccc2C2=NCCCN12. The molecule has 0 radical (unpaired) electrons. The minimum Gasteiger partial charge on any atom is -0.305 e. The summed E-state index contributed by atoms with van der Waals surface area (Å²) in [6.45, 7) is 1.50. The van der Waals surface area contributed by atoms with E-state index in [1.165, 1.54) is 11.8 Å². The van der Waals surface area contributed by atoms with Gasteiger partial charge >= 0.3 is 6.18 Å². The van der Waals surface area contributed by atoms with Gasteiger partial charge in [-0.25, -0.2) is 0 Å². The Morgan fingerprint density at radius 2 is 1.93 bits per heavy atom. The van der Waals surface area contributed by atoms with E-state index in [1.807, 2.05) is 23.1 Å². The molecule has 2 aromatic carbocycles. The number of alkyl halides is 3. The summed E-state index contributed by atoms with van der Waals surface area (Å²) in [6.07, 6.45) is -2.94. The molecule has 0 aliphatic carbocycles. The van der Waals surface area contributed by atoms with E-state index in [1.54, 1.807) is 18.2 Å². The molecule has 0 saturated heterocycles. The Labute approximate surface area is 174 Å². The van der Waals surface area contributed by atoms with Gasteiger partial charge in [-0.1, -0.05) is 23.9 Å². The zero-order valence-corrected chi connectivity index (χ0v) is 16.3. The largest absolute Gasteiger partial charge is 0.451 e. The summed E-state index contributed by atoms with van der Waals surface area (Å²) in [5, 5.41) is 8.71. The molecule has 30 heavy (non-hydrogen) atoms. The van der Waals surface area contributed by atoms with Gasteiger partial charge in [-0.05, 0) is 47.4 Å². The molecule has 0 aromatic heterocycles. The van der Waals surface area contributed by atoms with Gasteiger partial charge in [0.1, 0.15) is 5.84 Å². The minimum atomic E-state index is -4.91. The van der Waals surface area contributed by atoms with Crippen LogP contribution in [-0.2, 0) is 4.79 Å². The van der Waals surface area contributed by atoms with Gasteiger partial charge in [0.05, 0.1) is 11.6 Å². The first-order valence-corrected chi connectivity index (χ1v) is 10.2. The lowest BCUT2D eigenvalue weighted by molar-refractivity contribution is -0.170. The third kappa shape index (κ3) is 3.04. The first kappa shape index (κ1) is 19.0. The lowest BCUT2D eigenvalue weighted by atomic mass is 9.92. The summed E-state index contributed by atoms with van der Waals surface area (Å²) < 4.78 is 38.8. The van der Waals surface area contributed by atoms with Gasteiger partial charge in [-0.3, -0.25) is 20.2 Å². The first-order valence-electron chi connectivity index (χ1n) is 9.35. The van der Waals surface area contributed by atoms with Crippen LogP contribution in [0.5, 0.6) is 0 Å². The van der Waals surface area contributed by atoms with Crippen LogP contribution in [0.2, 0.25) is 0 Å². The highest BCUT2D eigenvalue weighted by atomic mass is 32.2. The van der Waals surface area contributed by atoms with Gasteiger partial charge in [0, 0.05) is 29.8 Å². The van der Waals surface area contributed by atoms with Crippen LogP contribution in [0.3, 0.4) is 0 Å². The van der Waals surface area contributed by atoms with Crippen LogP contribution in [0.25, 0.3) is 11.1 Å². The molecule has 3 heterocycles. The molecule has 152 valence electrons. The molecule has 2 aromatic rings. The molecule has 3 aliphatic heterocycles. The number of thioether (sulfide) groups is 1. The quantitative estimate of drug-likeness (QED) is 0.749. The first-order chi connectivity index (χ1) is 14.3. The molecule has 0 fully saturated rings. The second kappa shape index (κ2) is 6.80. The Morgan fingerprint density at radius 3 is 2.73 bits per heavy atom. The Hall–Kier alpha value is -2.94. The van der Waals surface area contributed by atoms with Crippen molar-refractivity contribution in [2.45, 2.75) is 23.4 Å². The van der Waals surface area contributed by atoms with Crippen LogP contribution < -0.4 is 0 Å². The zero-order valence-electron chi connectivity index (χ0n) is 15.5. The standard InChI is InChI=1S/C21H15F3N4OS/c22-21(23,24)18(29)15-10-27-16-5-3-11(8-14(15)16)12-2-4-13-17(9-12)30-20(25)28-7-1-6-26-19(13)28/h2-5,8-10,15,25H,1,6-7H2. The fourth-order valence-corrected chi connectivity index (χ4v) is 4.84. The highest BCUT2D eigenvalue weighted by molar-refractivity contribution is 8.14. The highest BCUT2D eigenvalue weighted by Crippen LogP contribution is 2.41. The molecule has 3 aliphatic rings. The van der Waals surface area contributed by atoms with Crippen molar-refractivity contribution >= 4 is 40.5 Å². The van der Waals surface area contributed by atoms with Crippen LogP contribution >= 0.6 is 11.8 Å². The Bertz CT molecular complexity index is 1160. The summed E-state index contributed by atoms with van der Waals surface area (Å²) in [6, 6.07) is 10.8. The fourth-order valence-electron chi connectivity index (χ4n) is 3.88. The number of Topliss-reactive ketones (excluding diaryl/α,β-unsaturated/α-hetero) is 1. The summed E-state index contributed by atoms with van der Waals surface area (Å²) in [7, 11) is 0. The molecule has 1 N–H and O–H groups in total. The number of nitrogens with one attached hydrogen (secondary N) is 1. The van der Waals surface area contributed by atoms with Crippen LogP contribution in [0.4, 0.5) is 18.9 Å². The van der Waals surface area contributed by atoms with Gasteiger partial charge in [-0.2, -0.15) is 13.2 Å². The maximum Gasteiger partial charge on any atom is 0.451 e. The summed E-state index contributed by atoms with van der Waals surface area (Å²) >= 11 is 1.34. The number of carbonyl (C=O) groups is 1. The third-order valence-electron chi connectivity index (χ3n) is 5.35. The monoisotopic (exact) mass is 428 g/mol. The van der Waals surface area contributed by atoms with Crippen LogP contribution in [0.1, 0.15) is 23.5 Å². The zero-order chi connectivity index (χ0) is 21.0. The summed E-state index contributed by atoms with van der Waals surface area (Å²) in [5.41, 5.74) is 3.08. The second-order valence-corrected chi connectivity index (χ2v) is 8.25. The molecule has 0 saturated carbocycles. The molecule has 0 bridgehead atoms. The maximum absolute atomic E-state index is 12.9. The number of rotatable bonds is 2. The van der Waals surface area contributed by atoms with Crippen molar-refractivity contribution in [3.8, 4) is 11.1 Å². The number of amidine groups is 2. The summed E-state index contributed by atoms with van der Waals surface area (Å²) in [4.78, 5) is 23.1. The van der Waals surface area contributed by atoms with E-state index in [2.05, 4.69) is 9.98 Å². The van der Waals surface area contributed by atoms with E-state index >= 15 is 0 Å². The molecular weight excluding hydrogens is 413 g/mol. The van der Waals surface area contributed by atoms with Gasteiger partial charge in [0.2, 0.25) is 5.78 Å². The fraction of sp³-hybridized carbons (Fsp3) is 0.238. The number of hydrogen-bond acceptors (Lipinski definition) is 5. The minimum absolute atomic E-state index is 0.260. The Balaban J connectivity index is 1.53. The van der Waals surface area contributed by atoms with E-state index in [9.17, 15) is 18.0 Å². The lowest BCUT2D eigenvalue weighted by Crippen LogP contribution is -2.42. The Morgan fingerprint density at radius 1 is 1.17 bits per heavy atom. The normalized spacial score (nSPS) is 19.8. The van der Waals surface area contributed by atoms with Crippen molar-refractivity contribution in [3.05, 3.63) is 47.5 Å². The maximum atomic E-state index is 12.9. The lowest BCUT2D eigenvalue weighted by Gasteiger charge is -2.34. The molecule has 5 rings (SSSR count). The smallest absolute Gasteiger partial charge is 0.305 e. The van der Waals surface area contributed by atoms with Crippen molar-refractivity contribution in [1.29, 1.82) is 5.41 Å². The van der Waals surface area contributed by atoms with Gasteiger partial charge < -0.3 is 4.90 Å². The topological polar surface area (TPSA) is 68.9 Å². The molecule has 9 heteroatoms. The van der Waals surface area contributed by atoms with Gasteiger partial charge in [0.25, 0.3) is 0 Å². The van der Waals surface area contributed by atoms with Crippen molar-refractivity contribution in [2.75, 3.05) is 13.1 Å². The predicted molar refractivity (Wildman–Crippen MR) is 110 cm³/mol. The molecule has 0 spiro atoms. The average Bonchev–Trinajstić information content (AvgIpc) is 3.15. The van der Waals surface area contributed by atoms with Crippen molar-refractivity contribution in [3.63, 3.8) is 0 Å². The average molecular weight is 428 g/mol. The highest BCUT2D eigenvalue weighted by Gasteiger charge is 2.45. The summed E-state index contributed by atoms with van der Waals surface area (Å²) in [5.74, 6) is -2.43. The van der Waals surface area contributed by atoms with E-state index in [-0.39, 0.29) is 5.56 Å². The predicted octanol–water partition coefficient (Wildman–Crippen LogP) is 4.78. The van der Waals surface area contributed by atoms with Crippen molar-refractivity contribution < 1.29 is 18.0 Å². The number of carbonyl (C=O) groups excluding carboxylic acids is 1. The number of benzene rings is 2. The number of hydrogen-bond donors (Lipinski definition) is 1. The number of halogens is 3. The number of nitrogens with zero attached hydrogens (tertiary/aromatic N) is 3. The van der Waals surface area contributed by atoms with E-state index < -0.39 is 17.9 Å². The van der Waals surface area contributed by atoms with Crippen LogP contribution in [0.15, 0.2) is 51.3 Å². The molecule has 5 nitrogen and oxygen atoms in total. The molecular formula is C21H15F3N4OS. The number of aliphatic imine (C=N–C) groups is 2. The molecule has 0 amide bonds. The Kier molecular flexibility index (Phi) is 4.32. The number of fused-ring (bicyclic) bond motifs is 4. The molecule has 1 atom stereocenters. The van der Waals surface area contributed by atoms with E-state index in [4.69, 9.17) is 5.41 Å². The van der Waals surface area contributed by atoms with Crippen molar-refractivity contribution in [1.82, 2.24) is 4.90 Å². The van der Waals surface area contributed by atoms with Crippen molar-refractivity contribution in [2.24, 2.45) is 9.98 Å². The van der Waals surface area contributed by atoms with Gasteiger partial charge in [0.15, 0.2) is 5.17 Å². The van der Waals surface area contributed by atoms with E-state index in [0.29, 0.717) is 16.4 Å². The van der Waals surface area contributed by atoms with Crippen LogP contribution in [0, 0.1) is 5.41 Å². The van der Waals surface area contributed by atoms with Crippen LogP contribution in [-0.4, -0.2) is 47.2 Å². The number of ketones is 1. The molecule has 1 unspecified atom stereocenters. The third-order valence-corrected chi connectivity index (χ3v) is 6.32. The second-order valence-electron chi connectivity index (χ2n) is 7.22. The van der Waals surface area contributed by atoms with E-state index in [0.717, 1.165) is 47.6 Å².